The van der Waals surface area contributed by atoms with Crippen molar-refractivity contribution in [1.82, 2.24) is 9.55 Å². The van der Waals surface area contributed by atoms with Gasteiger partial charge in [-0.1, -0.05) is 30.3 Å². The summed E-state index contributed by atoms with van der Waals surface area (Å²) >= 11 is 0. The molecular weight excluding hydrogens is 318 g/mol. The lowest BCUT2D eigenvalue weighted by atomic mass is 10.1. The van der Waals surface area contributed by atoms with Crippen molar-refractivity contribution in [2.45, 2.75) is 31.1 Å². The van der Waals surface area contributed by atoms with Gasteiger partial charge in [-0.2, -0.15) is 14.1 Å². The monoisotopic (exact) mass is 336 g/mol. The summed E-state index contributed by atoms with van der Waals surface area (Å²) < 4.78 is 7.57. The van der Waals surface area contributed by atoms with Crippen molar-refractivity contribution in [3.8, 4) is 0 Å². The second kappa shape index (κ2) is 6.65. The molecule has 1 saturated heterocycles. The minimum atomic E-state index is -1.41. The molecule has 1 aliphatic heterocycles. The van der Waals surface area contributed by atoms with Crippen LogP contribution in [0.2, 0.25) is 0 Å². The minimum Gasteiger partial charge on any atom is -0.394 e. The predicted octanol–water partition coefficient (Wildman–Crippen LogP) is -2.52. The largest absolute Gasteiger partial charge is 0.448 e. The third kappa shape index (κ3) is 3.02. The van der Waals surface area contributed by atoms with Crippen molar-refractivity contribution in [3.63, 3.8) is 0 Å². The number of nitrogens with zero attached hydrogens (tertiary/aromatic N) is 2. The highest BCUT2D eigenvalue weighted by Crippen LogP contribution is 2.27. The molecule has 2 heterocycles. The van der Waals surface area contributed by atoms with Gasteiger partial charge < -0.3 is 20.1 Å². The van der Waals surface area contributed by atoms with E-state index < -0.39 is 42.5 Å². The van der Waals surface area contributed by atoms with E-state index in [0.717, 1.165) is 10.1 Å². The topological polar surface area (TPSA) is 129 Å². The van der Waals surface area contributed by atoms with Crippen LogP contribution < -0.4 is 15.9 Å². The first-order valence-electron chi connectivity index (χ1n) is 7.42. The average Bonchev–Trinajstić information content (AvgIpc) is 2.86. The maximum absolute atomic E-state index is 12.0. The van der Waals surface area contributed by atoms with Crippen LogP contribution >= 0.6 is 0 Å². The van der Waals surface area contributed by atoms with Crippen LogP contribution in [0.1, 0.15) is 11.8 Å². The zero-order chi connectivity index (χ0) is 17.3. The van der Waals surface area contributed by atoms with Gasteiger partial charge in [0.1, 0.15) is 18.3 Å². The van der Waals surface area contributed by atoms with Crippen LogP contribution in [0.3, 0.4) is 0 Å². The van der Waals surface area contributed by atoms with Crippen molar-refractivity contribution < 1.29 is 24.6 Å². The second-order valence-electron chi connectivity index (χ2n) is 5.60. The highest BCUT2D eigenvalue weighted by molar-refractivity contribution is 5.13. The summed E-state index contributed by atoms with van der Waals surface area (Å²) in [6.45, 7) is -0.290. The van der Waals surface area contributed by atoms with Gasteiger partial charge >= 0.3 is 11.4 Å². The predicted molar refractivity (Wildman–Crippen MR) is 80.1 cm³/mol. The fourth-order valence-electron chi connectivity index (χ4n) is 2.67. The van der Waals surface area contributed by atoms with Crippen LogP contribution in [0.25, 0.3) is 0 Å². The number of benzene rings is 1. The van der Waals surface area contributed by atoms with Crippen molar-refractivity contribution in [1.29, 1.82) is 0 Å². The molecule has 128 valence electrons. The zero-order valence-corrected chi connectivity index (χ0v) is 12.6. The van der Waals surface area contributed by atoms with Gasteiger partial charge in [0.25, 0.3) is 0 Å². The minimum absolute atomic E-state index is 0.214. The van der Waals surface area contributed by atoms with Gasteiger partial charge in [-0.15, -0.1) is 0 Å². The van der Waals surface area contributed by atoms with E-state index in [1.165, 1.54) is 10.9 Å². The molecule has 0 saturated carbocycles. The first-order valence-corrected chi connectivity index (χ1v) is 7.42. The molecule has 0 amide bonds. The molecule has 1 aromatic heterocycles. The normalized spacial score (nSPS) is 26.6. The van der Waals surface area contributed by atoms with Gasteiger partial charge in [0.15, 0.2) is 0 Å². The standard InChI is InChI=1S/C15H17N3O6/c19-7-10-11(20)12(21)13(24-10)18-8-17(14(22)16-15(18)23)6-9-4-2-1-3-5-9/h1-5,8,10-13,19-21H,6-7H2/p+1/t10-,11+,12?,13-/m1/s1. The SMILES string of the molecule is O=c1[nH]c(=O)[n+](Cc2ccccc2)cn1[C@@H]1O[C@H](CO)[C@H](O)C1O. The van der Waals surface area contributed by atoms with E-state index in [-0.39, 0.29) is 6.54 Å². The molecule has 2 aromatic rings. The van der Waals surface area contributed by atoms with Crippen molar-refractivity contribution >= 4 is 0 Å². The number of H-pyrrole nitrogens is 1. The number of nitrogens with one attached hydrogen (secondary N) is 1. The lowest BCUT2D eigenvalue weighted by Gasteiger charge is -2.13. The third-order valence-electron chi connectivity index (χ3n) is 3.96. The quantitative estimate of drug-likeness (QED) is 0.456. The molecule has 4 atom stereocenters. The smallest absolute Gasteiger partial charge is 0.394 e. The number of aromatic amines is 1. The number of ether oxygens (including phenoxy) is 1. The molecule has 1 aromatic carbocycles. The maximum Gasteiger partial charge on any atom is 0.448 e. The maximum atomic E-state index is 12.0. The summed E-state index contributed by atoms with van der Waals surface area (Å²) in [6.07, 6.45) is -3.72. The number of hydrogen-bond acceptors (Lipinski definition) is 6. The van der Waals surface area contributed by atoms with Crippen LogP contribution in [0, 0.1) is 0 Å². The van der Waals surface area contributed by atoms with Crippen molar-refractivity contribution in [2.75, 3.05) is 6.61 Å². The van der Waals surface area contributed by atoms with Gasteiger partial charge in [0, 0.05) is 0 Å². The molecule has 9 nitrogen and oxygen atoms in total. The van der Waals surface area contributed by atoms with E-state index in [2.05, 4.69) is 4.98 Å². The first kappa shape index (κ1) is 16.5. The van der Waals surface area contributed by atoms with Crippen LogP contribution in [0.15, 0.2) is 46.2 Å². The Morgan fingerprint density at radius 1 is 1.17 bits per heavy atom. The van der Waals surface area contributed by atoms with Crippen molar-refractivity contribution in [3.05, 3.63) is 63.2 Å². The summed E-state index contributed by atoms with van der Waals surface area (Å²) in [5, 5.41) is 29.0. The van der Waals surface area contributed by atoms with E-state index in [4.69, 9.17) is 9.84 Å². The number of aliphatic hydroxyl groups excluding tert-OH is 3. The Labute approximate surface area is 136 Å². The molecule has 0 bridgehead atoms. The van der Waals surface area contributed by atoms with E-state index >= 15 is 0 Å². The molecule has 1 aliphatic rings. The van der Waals surface area contributed by atoms with Gasteiger partial charge in [-0.25, -0.2) is 9.59 Å². The van der Waals surface area contributed by atoms with Crippen LogP contribution in [0.4, 0.5) is 0 Å². The molecule has 9 heteroatoms. The molecule has 0 spiro atoms. The number of aliphatic hydroxyl groups is 3. The fourth-order valence-corrected chi connectivity index (χ4v) is 2.67. The highest BCUT2D eigenvalue weighted by Gasteiger charge is 2.46. The Kier molecular flexibility index (Phi) is 4.58. The van der Waals surface area contributed by atoms with Gasteiger partial charge in [-0.05, 0) is 5.56 Å². The molecule has 1 fully saturated rings. The molecule has 0 aliphatic carbocycles. The van der Waals surface area contributed by atoms with Crippen LogP contribution in [-0.4, -0.2) is 49.8 Å². The number of hydrogen-bond donors (Lipinski definition) is 4. The average molecular weight is 336 g/mol. The lowest BCUT2D eigenvalue weighted by molar-refractivity contribution is -0.710. The first-order chi connectivity index (χ1) is 11.5. The summed E-state index contributed by atoms with van der Waals surface area (Å²) in [4.78, 5) is 26.2. The molecule has 1 unspecified atom stereocenters. The summed E-state index contributed by atoms with van der Waals surface area (Å²) in [5.74, 6) is 0. The summed E-state index contributed by atoms with van der Waals surface area (Å²) in [5.41, 5.74) is -0.537. The Balaban J connectivity index is 1.96. The van der Waals surface area contributed by atoms with Crippen molar-refractivity contribution in [2.24, 2.45) is 0 Å². The Morgan fingerprint density at radius 3 is 2.50 bits per heavy atom. The summed E-state index contributed by atoms with van der Waals surface area (Å²) in [7, 11) is 0. The molecule has 0 radical (unpaired) electrons. The molecule has 3 rings (SSSR count). The van der Waals surface area contributed by atoms with E-state index in [1.54, 1.807) is 0 Å². The molecular formula is C15H18N3O6+. The molecule has 24 heavy (non-hydrogen) atoms. The fraction of sp³-hybridized carbons (Fsp3) is 0.400. The summed E-state index contributed by atoms with van der Waals surface area (Å²) in [6, 6.07) is 9.15. The lowest BCUT2D eigenvalue weighted by Crippen LogP contribution is -2.57. The molecule has 4 N–H and O–H groups in total. The van der Waals surface area contributed by atoms with Gasteiger partial charge in [0.2, 0.25) is 12.6 Å². The van der Waals surface area contributed by atoms with E-state index in [1.807, 2.05) is 30.3 Å². The van der Waals surface area contributed by atoms with Crippen LogP contribution in [-0.2, 0) is 11.3 Å². The Hall–Kier alpha value is -2.33. The van der Waals surface area contributed by atoms with E-state index in [0.29, 0.717) is 0 Å². The van der Waals surface area contributed by atoms with Gasteiger partial charge in [-0.3, -0.25) is 0 Å². The number of rotatable bonds is 4. The third-order valence-corrected chi connectivity index (χ3v) is 3.96. The highest BCUT2D eigenvalue weighted by atomic mass is 16.6. The Morgan fingerprint density at radius 2 is 1.88 bits per heavy atom. The zero-order valence-electron chi connectivity index (χ0n) is 12.6. The second-order valence-corrected chi connectivity index (χ2v) is 5.60. The van der Waals surface area contributed by atoms with E-state index in [9.17, 15) is 19.8 Å². The Bertz CT molecular complexity index is 818. The number of aromatic nitrogens is 3. The van der Waals surface area contributed by atoms with Gasteiger partial charge in [0.05, 0.1) is 13.2 Å². The van der Waals surface area contributed by atoms with Crippen LogP contribution in [0.5, 0.6) is 0 Å².